The van der Waals surface area contributed by atoms with Crippen molar-refractivity contribution < 1.29 is 38.5 Å². The van der Waals surface area contributed by atoms with Crippen LogP contribution >= 0.6 is 0 Å². The van der Waals surface area contributed by atoms with Gasteiger partial charge in [0.15, 0.2) is 0 Å². The van der Waals surface area contributed by atoms with E-state index in [1.807, 2.05) is 32.0 Å². The van der Waals surface area contributed by atoms with Crippen molar-refractivity contribution in [1.82, 2.24) is 19.9 Å². The number of carbonyl (C=O) groups is 2. The van der Waals surface area contributed by atoms with Crippen molar-refractivity contribution >= 4 is 55.6 Å². The topological polar surface area (TPSA) is 107 Å². The number of hydrogen-bond donors (Lipinski definition) is 0. The fourth-order valence-electron chi connectivity index (χ4n) is 8.03. The Morgan fingerprint density at radius 2 is 0.982 bits per heavy atom. The summed E-state index contributed by atoms with van der Waals surface area (Å²) in [5, 5.41) is 4.45. The molecule has 0 amide bonds. The third kappa shape index (κ3) is 6.22. The van der Waals surface area contributed by atoms with Crippen molar-refractivity contribution in [3.8, 4) is 45.0 Å². The number of carbonyl (C=O) groups excluding carboxylic acids is 2. The van der Waals surface area contributed by atoms with Gasteiger partial charge in [-0.2, -0.15) is 0 Å². The normalized spacial score (nSPS) is 11.6. The minimum Gasteiger partial charge on any atom is -0.657 e. The van der Waals surface area contributed by atoms with Gasteiger partial charge in [-0.1, -0.05) is 113 Å². The van der Waals surface area contributed by atoms with Crippen LogP contribution in [0.5, 0.6) is 0 Å². The van der Waals surface area contributed by atoms with Crippen LogP contribution in [0.1, 0.15) is 35.1 Å². The molecule has 0 N–H and O–H groups in total. The first-order chi connectivity index (χ1) is 26.3. The molecule has 0 spiro atoms. The van der Waals surface area contributed by atoms with Gasteiger partial charge in [0.1, 0.15) is 0 Å². The first kappa shape index (κ1) is 36.1. The number of hydrogen-bond acceptors (Lipinski definition) is 6. The number of ether oxygens (including phenoxy) is 2. The van der Waals surface area contributed by atoms with Crippen LogP contribution in [0.4, 0.5) is 0 Å². The van der Waals surface area contributed by atoms with Crippen molar-refractivity contribution in [2.24, 2.45) is 0 Å². The zero-order valence-corrected chi connectivity index (χ0v) is 34.2. The molecule has 0 fully saturated rings. The molecule has 55 heavy (non-hydrogen) atoms. The third-order valence-corrected chi connectivity index (χ3v) is 10.9. The van der Waals surface area contributed by atoms with E-state index in [4.69, 9.17) is 29.4 Å². The molecule has 9 rings (SSSR count). The van der Waals surface area contributed by atoms with Crippen LogP contribution in [0.2, 0.25) is 0 Å². The van der Waals surface area contributed by atoms with Crippen molar-refractivity contribution in [2.75, 3.05) is 14.2 Å². The van der Waals surface area contributed by atoms with Crippen LogP contribution in [-0.2, 0) is 51.4 Å². The number of fused-ring (bicyclic) bond motifs is 18. The fourth-order valence-corrected chi connectivity index (χ4v) is 8.03. The molecule has 5 heterocycles. The molecule has 9 heteroatoms. The molecule has 3 aromatic heterocycles. The molecule has 4 aromatic carbocycles. The number of rotatable bonds is 6. The van der Waals surface area contributed by atoms with Gasteiger partial charge in [-0.25, -0.2) is 9.97 Å². The van der Waals surface area contributed by atoms with Crippen molar-refractivity contribution in [3.63, 3.8) is 0 Å². The van der Waals surface area contributed by atoms with E-state index in [9.17, 15) is 9.59 Å². The maximum atomic E-state index is 12.4. The van der Waals surface area contributed by atoms with E-state index in [1.54, 1.807) is 0 Å². The summed E-state index contributed by atoms with van der Waals surface area (Å²) >= 11 is 0. The standard InChI is InChI=1S/C46H36N4O4.Zn/c1-25-29(17-19-43(51)53-3)37-23-38-30(18-20-44(52)54-4)26(2)36(48-38)22-42-46-32-12-8-6-10-28(32)14-16-34(46)40(50-42)24-39-33-15-13-27-9-5-7-11-31(27)45(33)41(49-39)21-35(25)47-37;/h5-16,21-24H,17-20H2,1-4H3;/q-2;+2. The molecular weight excluding hydrogens is 738 g/mol. The van der Waals surface area contributed by atoms with Crippen LogP contribution in [0, 0.1) is 13.8 Å². The van der Waals surface area contributed by atoms with Crippen LogP contribution in [0.25, 0.3) is 88.6 Å². The largest absolute Gasteiger partial charge is 2.00 e. The van der Waals surface area contributed by atoms with Crippen molar-refractivity contribution in [1.29, 1.82) is 0 Å². The van der Waals surface area contributed by atoms with E-state index >= 15 is 0 Å². The van der Waals surface area contributed by atoms with E-state index in [1.165, 1.54) is 14.2 Å². The molecule has 0 unspecified atom stereocenters. The number of methoxy groups -OCH3 is 2. The predicted molar refractivity (Wildman–Crippen MR) is 213 cm³/mol. The van der Waals surface area contributed by atoms with Gasteiger partial charge in [-0.15, -0.1) is 22.1 Å². The Labute approximate surface area is 330 Å². The number of aromatic nitrogens is 4. The summed E-state index contributed by atoms with van der Waals surface area (Å²) < 4.78 is 10.0. The molecule has 0 radical (unpaired) electrons. The first-order valence-corrected chi connectivity index (χ1v) is 18.1. The zero-order chi connectivity index (χ0) is 37.1. The van der Waals surface area contributed by atoms with Gasteiger partial charge < -0.3 is 19.4 Å². The number of esters is 2. The molecule has 8 bridgehead atoms. The molecule has 0 aliphatic carbocycles. The van der Waals surface area contributed by atoms with Gasteiger partial charge in [0.25, 0.3) is 0 Å². The second kappa shape index (κ2) is 14.4. The molecule has 0 saturated carbocycles. The second-order valence-electron chi connectivity index (χ2n) is 13.9. The Kier molecular flexibility index (Phi) is 9.44. The van der Waals surface area contributed by atoms with Crippen LogP contribution < -0.4 is 9.97 Å². The van der Waals surface area contributed by atoms with E-state index in [0.717, 1.165) is 111 Å². The Morgan fingerprint density at radius 3 is 1.42 bits per heavy atom. The summed E-state index contributed by atoms with van der Waals surface area (Å²) in [7, 11) is 2.81. The smallest absolute Gasteiger partial charge is 0.657 e. The summed E-state index contributed by atoms with van der Waals surface area (Å²) in [4.78, 5) is 45.9. The summed E-state index contributed by atoms with van der Waals surface area (Å²) in [5.74, 6) is -0.584. The van der Waals surface area contributed by atoms with E-state index < -0.39 is 0 Å². The number of aryl methyl sites for hydroxylation is 4. The third-order valence-electron chi connectivity index (χ3n) is 10.9. The summed E-state index contributed by atoms with van der Waals surface area (Å²) in [6.45, 7) is 4.08. The average molecular weight is 774 g/mol. The van der Waals surface area contributed by atoms with Crippen LogP contribution in [0.15, 0.2) is 97.1 Å². The Balaban J connectivity index is 0.00000427. The minimum atomic E-state index is -0.292. The van der Waals surface area contributed by atoms with E-state index in [2.05, 4.69) is 78.9 Å². The second-order valence-corrected chi connectivity index (χ2v) is 13.9. The number of benzene rings is 4. The summed E-state index contributed by atoms with van der Waals surface area (Å²) in [5.41, 5.74) is 14.2. The number of nitrogens with zero attached hydrogens (tertiary/aromatic N) is 4. The molecule has 0 saturated heterocycles. The maximum absolute atomic E-state index is 12.4. The monoisotopic (exact) mass is 772 g/mol. The molecule has 8 nitrogen and oxygen atoms in total. The molecule has 0 atom stereocenters. The Morgan fingerprint density at radius 1 is 0.545 bits per heavy atom. The first-order valence-electron chi connectivity index (χ1n) is 18.1. The van der Waals surface area contributed by atoms with Crippen LogP contribution in [-0.4, -0.2) is 36.1 Å². The average Bonchev–Trinajstić information content (AvgIpc) is 3.90. The van der Waals surface area contributed by atoms with E-state index in [-0.39, 0.29) is 44.3 Å². The van der Waals surface area contributed by atoms with Gasteiger partial charge in [0.05, 0.1) is 37.0 Å². The fraction of sp³-hybridized carbons (Fsp3) is 0.174. The minimum absolute atomic E-state index is 0. The van der Waals surface area contributed by atoms with Gasteiger partial charge in [-0.3, -0.25) is 9.59 Å². The van der Waals surface area contributed by atoms with Gasteiger partial charge in [-0.05, 0) is 54.3 Å². The summed E-state index contributed by atoms with van der Waals surface area (Å²) in [6, 6.07) is 33.5. The maximum Gasteiger partial charge on any atom is 2.00 e. The summed E-state index contributed by atoms with van der Waals surface area (Å²) in [6.07, 6.45) is 1.30. The van der Waals surface area contributed by atoms with Gasteiger partial charge >= 0.3 is 31.4 Å². The van der Waals surface area contributed by atoms with E-state index in [0.29, 0.717) is 12.8 Å². The van der Waals surface area contributed by atoms with Crippen molar-refractivity contribution in [3.05, 3.63) is 119 Å². The predicted octanol–water partition coefficient (Wildman–Crippen LogP) is 9.37. The molecule has 2 aliphatic rings. The molecular formula is C46H36N4O4Zn. The zero-order valence-electron chi connectivity index (χ0n) is 31.2. The molecule has 7 aromatic rings. The van der Waals surface area contributed by atoms with Crippen molar-refractivity contribution in [2.45, 2.75) is 39.5 Å². The van der Waals surface area contributed by atoms with Crippen LogP contribution in [0.3, 0.4) is 0 Å². The quantitative estimate of drug-likeness (QED) is 0.122. The SMILES string of the molecule is COC(=O)CCc1c(C)c2cc3nc(cc4nc(cc5[n-]c(cc1[n-]2)c(CCC(=O)OC)c5C)-c1c-4ccc2ccccc12)-c1ccc2ccccc2c1-3.[Zn+2]. The Bertz CT molecular complexity index is 2700. The van der Waals surface area contributed by atoms with Gasteiger partial charge in [0, 0.05) is 35.1 Å². The Hall–Kier alpha value is -5.92. The molecule has 2 aliphatic heterocycles. The van der Waals surface area contributed by atoms with Gasteiger partial charge in [0.2, 0.25) is 0 Å². The molecule has 266 valence electrons.